The predicted molar refractivity (Wildman–Crippen MR) is 95.4 cm³/mol. The number of ether oxygens (including phenoxy) is 2. The van der Waals surface area contributed by atoms with Crippen molar-refractivity contribution in [3.05, 3.63) is 48.5 Å². The number of rotatable bonds is 6. The SMILES string of the molecule is COc1ccc(PS[P+](=S)c2ccc(OC)cc2)cc1. The van der Waals surface area contributed by atoms with Gasteiger partial charge < -0.3 is 9.47 Å². The Bertz CT molecular complexity index is 571. The lowest BCUT2D eigenvalue weighted by molar-refractivity contribution is 0.415. The Morgan fingerprint density at radius 2 is 1.40 bits per heavy atom. The summed E-state index contributed by atoms with van der Waals surface area (Å²) in [5.74, 6) is 1.16. The number of hydrogen-bond donors (Lipinski definition) is 0. The Labute approximate surface area is 131 Å². The number of benzene rings is 2. The van der Waals surface area contributed by atoms with Crippen LogP contribution in [0.3, 0.4) is 0 Å². The van der Waals surface area contributed by atoms with E-state index in [0.717, 1.165) is 11.5 Å². The van der Waals surface area contributed by atoms with Gasteiger partial charge >= 0.3 is 0 Å². The first-order chi connectivity index (χ1) is 9.72. The molecule has 0 fully saturated rings. The molecule has 2 atom stereocenters. The van der Waals surface area contributed by atoms with Crippen LogP contribution in [0.1, 0.15) is 0 Å². The van der Waals surface area contributed by atoms with Gasteiger partial charge in [-0.15, -0.1) is 0 Å². The zero-order chi connectivity index (χ0) is 14.4. The average molecular weight is 341 g/mol. The number of hydrogen-bond acceptors (Lipinski definition) is 4. The molecule has 0 heterocycles. The summed E-state index contributed by atoms with van der Waals surface area (Å²) in [6, 6.07) is 16.2. The lowest BCUT2D eigenvalue weighted by Crippen LogP contribution is -1.94. The van der Waals surface area contributed by atoms with E-state index in [0.29, 0.717) is 7.78 Å². The zero-order valence-electron chi connectivity index (χ0n) is 11.2. The minimum Gasteiger partial charge on any atom is -0.497 e. The van der Waals surface area contributed by atoms with Crippen LogP contribution in [0.2, 0.25) is 0 Å². The third-order valence-corrected chi connectivity index (χ3v) is 11.2. The summed E-state index contributed by atoms with van der Waals surface area (Å²) in [7, 11) is 4.01. The smallest absolute Gasteiger partial charge is 0.287 e. The van der Waals surface area contributed by atoms with Crippen LogP contribution in [0, 0.1) is 0 Å². The van der Waals surface area contributed by atoms with Gasteiger partial charge in [0.1, 0.15) is 22.5 Å². The van der Waals surface area contributed by atoms with Crippen molar-refractivity contribution < 1.29 is 9.47 Å². The van der Waals surface area contributed by atoms with Gasteiger partial charge in [0.15, 0.2) is 17.1 Å². The Hall–Kier alpha value is -0.660. The van der Waals surface area contributed by atoms with Gasteiger partial charge in [-0.3, -0.25) is 0 Å². The van der Waals surface area contributed by atoms with E-state index < -0.39 is 5.90 Å². The lowest BCUT2D eigenvalue weighted by atomic mass is 10.3. The Morgan fingerprint density at radius 3 is 1.90 bits per heavy atom. The maximum absolute atomic E-state index is 5.60. The molecule has 2 rings (SSSR count). The summed E-state index contributed by atoms with van der Waals surface area (Å²) in [5, 5.41) is 2.50. The van der Waals surface area contributed by atoms with Crippen LogP contribution in [0.25, 0.3) is 0 Å². The van der Waals surface area contributed by atoms with E-state index in [4.69, 9.17) is 21.3 Å². The fourth-order valence-corrected chi connectivity index (χ4v) is 8.17. The van der Waals surface area contributed by atoms with Crippen molar-refractivity contribution in [1.29, 1.82) is 0 Å². The maximum Gasteiger partial charge on any atom is 0.287 e. The van der Waals surface area contributed by atoms with Crippen LogP contribution >= 0.6 is 24.7 Å². The van der Waals surface area contributed by atoms with Crippen molar-refractivity contribution in [3.63, 3.8) is 0 Å². The van der Waals surface area contributed by atoms with Gasteiger partial charge in [0.2, 0.25) is 0 Å². The summed E-state index contributed by atoms with van der Waals surface area (Å²) in [4.78, 5) is 0. The van der Waals surface area contributed by atoms with Crippen LogP contribution in [-0.2, 0) is 11.8 Å². The summed E-state index contributed by atoms with van der Waals surface area (Å²) < 4.78 is 10.3. The largest absolute Gasteiger partial charge is 0.497 e. The standard InChI is InChI=1S/C14H15O2P2S2/c1-15-11-3-7-13(8-4-11)17-20-18(19)14-9-5-12(16-2)6-10-14/h3-10,17H,1-2H3/q+1. The molecule has 0 saturated carbocycles. The molecular formula is C14H15O2P2S2+. The molecule has 0 aromatic heterocycles. The molecule has 2 nitrogen and oxygen atoms in total. The van der Waals surface area contributed by atoms with Crippen molar-refractivity contribution in [2.75, 3.05) is 14.2 Å². The fourth-order valence-electron chi connectivity index (χ4n) is 1.51. The molecule has 0 aliphatic rings. The molecule has 2 unspecified atom stereocenters. The van der Waals surface area contributed by atoms with E-state index in [9.17, 15) is 0 Å². The molecule has 2 aromatic rings. The molecule has 0 saturated heterocycles. The van der Waals surface area contributed by atoms with Crippen LogP contribution in [0.5, 0.6) is 11.5 Å². The third-order valence-electron chi connectivity index (χ3n) is 2.62. The van der Waals surface area contributed by atoms with Crippen molar-refractivity contribution in [2.45, 2.75) is 0 Å². The van der Waals surface area contributed by atoms with Gasteiger partial charge in [0.25, 0.3) is 5.90 Å². The average Bonchev–Trinajstić information content (AvgIpc) is 2.53. The highest BCUT2D eigenvalue weighted by molar-refractivity contribution is 8.88. The third kappa shape index (κ3) is 4.43. The van der Waals surface area contributed by atoms with E-state index in [2.05, 4.69) is 24.3 Å². The molecular weight excluding hydrogens is 326 g/mol. The summed E-state index contributed by atoms with van der Waals surface area (Å²) in [5.41, 5.74) is 0. The highest BCUT2D eigenvalue weighted by Gasteiger charge is 2.16. The number of methoxy groups -OCH3 is 2. The van der Waals surface area contributed by atoms with E-state index in [1.165, 1.54) is 10.6 Å². The first-order valence-electron chi connectivity index (χ1n) is 5.91. The van der Waals surface area contributed by atoms with E-state index in [-0.39, 0.29) is 0 Å². The summed E-state index contributed by atoms with van der Waals surface area (Å²) >= 11 is 7.44. The molecule has 0 aliphatic heterocycles. The van der Waals surface area contributed by atoms with Crippen LogP contribution in [0.4, 0.5) is 0 Å². The van der Waals surface area contributed by atoms with Crippen molar-refractivity contribution in [1.82, 2.24) is 0 Å². The van der Waals surface area contributed by atoms with Crippen LogP contribution < -0.4 is 20.1 Å². The van der Waals surface area contributed by atoms with Crippen molar-refractivity contribution >= 4 is 47.1 Å². The Morgan fingerprint density at radius 1 is 0.900 bits per heavy atom. The molecule has 0 radical (unpaired) electrons. The van der Waals surface area contributed by atoms with E-state index >= 15 is 0 Å². The molecule has 0 bridgehead atoms. The first kappa shape index (κ1) is 15.7. The normalized spacial score (nSPS) is 11.6. The fraction of sp³-hybridized carbons (Fsp3) is 0.143. The zero-order valence-corrected chi connectivity index (χ0v) is 14.7. The minimum absolute atomic E-state index is 0.602. The van der Waals surface area contributed by atoms with Crippen molar-refractivity contribution in [2.24, 2.45) is 0 Å². The maximum atomic E-state index is 5.60. The van der Waals surface area contributed by atoms with Gasteiger partial charge in [-0.25, -0.2) is 0 Å². The summed E-state index contributed by atoms with van der Waals surface area (Å²) in [6.45, 7) is 0. The molecule has 6 heteroatoms. The second-order valence-corrected chi connectivity index (χ2v) is 11.6. The molecule has 0 spiro atoms. The van der Waals surface area contributed by atoms with Crippen molar-refractivity contribution in [3.8, 4) is 11.5 Å². The second kappa shape index (κ2) is 7.95. The second-order valence-electron chi connectivity index (χ2n) is 3.88. The Balaban J connectivity index is 1.93. The van der Waals surface area contributed by atoms with Gasteiger partial charge in [0.05, 0.1) is 14.2 Å². The Kier molecular flexibility index (Phi) is 6.25. The van der Waals surface area contributed by atoms with E-state index in [1.807, 2.05) is 35.3 Å². The highest BCUT2D eigenvalue weighted by atomic mass is 33.1. The molecule has 0 amide bonds. The monoisotopic (exact) mass is 341 g/mol. The first-order valence-corrected chi connectivity index (χ1v) is 11.4. The topological polar surface area (TPSA) is 18.5 Å². The lowest BCUT2D eigenvalue weighted by Gasteiger charge is -2.00. The molecule has 0 N–H and O–H groups in total. The predicted octanol–water partition coefficient (Wildman–Crippen LogP) is 3.84. The van der Waals surface area contributed by atoms with Gasteiger partial charge in [0, 0.05) is 7.78 Å². The molecule has 104 valence electrons. The molecule has 2 aromatic carbocycles. The highest BCUT2D eigenvalue weighted by Crippen LogP contribution is 2.49. The molecule has 0 aliphatic carbocycles. The summed E-state index contributed by atoms with van der Waals surface area (Å²) in [6.07, 6.45) is 0. The van der Waals surface area contributed by atoms with Crippen LogP contribution in [-0.4, -0.2) is 14.2 Å². The van der Waals surface area contributed by atoms with Crippen LogP contribution in [0.15, 0.2) is 48.5 Å². The van der Waals surface area contributed by atoms with E-state index in [1.54, 1.807) is 14.2 Å². The minimum atomic E-state index is -0.602. The molecule has 20 heavy (non-hydrogen) atoms. The van der Waals surface area contributed by atoms with Gasteiger partial charge in [-0.1, -0.05) is 12.1 Å². The quantitative estimate of drug-likeness (QED) is 0.743. The van der Waals surface area contributed by atoms with Gasteiger partial charge in [-0.05, 0) is 41.7 Å². The van der Waals surface area contributed by atoms with Gasteiger partial charge in [-0.2, -0.15) is 0 Å².